The van der Waals surface area contributed by atoms with Crippen molar-refractivity contribution in [2.75, 3.05) is 5.32 Å². The maximum absolute atomic E-state index is 14.7. The van der Waals surface area contributed by atoms with Gasteiger partial charge in [-0.05, 0) is 67.1 Å². The van der Waals surface area contributed by atoms with Crippen LogP contribution in [0.4, 0.5) is 19.0 Å². The topological polar surface area (TPSA) is 108 Å². The predicted molar refractivity (Wildman–Crippen MR) is 144 cm³/mol. The second-order valence-corrected chi connectivity index (χ2v) is 9.76. The molecule has 1 aliphatic carbocycles. The van der Waals surface area contributed by atoms with E-state index in [0.29, 0.717) is 23.0 Å². The Bertz CT molecular complexity index is 1690. The maximum Gasteiger partial charge on any atom is 0.270 e. The Hall–Kier alpha value is -4.80. The zero-order valence-electron chi connectivity index (χ0n) is 21.2. The molecule has 4 aromatic heterocycles. The van der Waals surface area contributed by atoms with Crippen LogP contribution in [0.2, 0.25) is 0 Å². The Morgan fingerprint density at radius 3 is 2.58 bits per heavy atom. The zero-order chi connectivity index (χ0) is 27.6. The van der Waals surface area contributed by atoms with Gasteiger partial charge in [-0.2, -0.15) is 0 Å². The Morgan fingerprint density at radius 1 is 0.900 bits per heavy atom. The summed E-state index contributed by atoms with van der Waals surface area (Å²) in [6.07, 6.45) is 8.27. The summed E-state index contributed by atoms with van der Waals surface area (Å²) in [6.45, 7) is 0. The molecule has 6 rings (SSSR count). The predicted octanol–water partition coefficient (Wildman–Crippen LogP) is 5.65. The van der Waals surface area contributed by atoms with E-state index >= 15 is 0 Å². The number of halogens is 3. The summed E-state index contributed by atoms with van der Waals surface area (Å²) in [7, 11) is 0. The van der Waals surface area contributed by atoms with E-state index in [1.807, 2.05) is 0 Å². The van der Waals surface area contributed by atoms with Gasteiger partial charge in [0.15, 0.2) is 17.5 Å². The fourth-order valence-corrected chi connectivity index (χ4v) is 5.04. The van der Waals surface area contributed by atoms with Crippen LogP contribution in [0, 0.1) is 17.5 Å². The molecule has 1 fully saturated rings. The van der Waals surface area contributed by atoms with Crippen molar-refractivity contribution in [3.8, 4) is 22.5 Å². The number of hydrogen-bond acceptors (Lipinski definition) is 6. The summed E-state index contributed by atoms with van der Waals surface area (Å²) in [6, 6.07) is 10.5. The van der Waals surface area contributed by atoms with Gasteiger partial charge in [0.05, 0.1) is 12.4 Å². The van der Waals surface area contributed by atoms with Crippen LogP contribution >= 0.6 is 0 Å². The number of hydrogen-bond donors (Lipinski definition) is 3. The first-order valence-corrected chi connectivity index (χ1v) is 12.9. The molecule has 0 radical (unpaired) electrons. The van der Waals surface area contributed by atoms with Crippen LogP contribution in [-0.4, -0.2) is 42.9 Å². The van der Waals surface area contributed by atoms with E-state index in [4.69, 9.17) is 0 Å². The van der Waals surface area contributed by atoms with E-state index in [0.717, 1.165) is 42.8 Å². The fraction of sp³-hybridized carbons (Fsp3) is 0.207. The number of H-pyrrole nitrogens is 1. The molecule has 1 amide bonds. The molecule has 0 spiro atoms. The molecule has 0 aliphatic heterocycles. The number of nitrogens with one attached hydrogen (secondary N) is 3. The Kier molecular flexibility index (Phi) is 6.85. The fourth-order valence-electron chi connectivity index (χ4n) is 5.04. The van der Waals surface area contributed by atoms with E-state index in [9.17, 15) is 18.0 Å². The Morgan fingerprint density at radius 2 is 1.73 bits per heavy atom. The number of fused-ring (bicyclic) bond motifs is 1. The van der Waals surface area contributed by atoms with E-state index in [2.05, 4.69) is 35.6 Å². The van der Waals surface area contributed by atoms with Crippen LogP contribution < -0.4 is 10.6 Å². The van der Waals surface area contributed by atoms with Crippen molar-refractivity contribution in [1.82, 2.24) is 30.2 Å². The lowest BCUT2D eigenvalue weighted by molar-refractivity contribution is 0.0921. The molecule has 1 saturated carbocycles. The third-order valence-electron chi connectivity index (χ3n) is 7.00. The van der Waals surface area contributed by atoms with Crippen LogP contribution in [0.25, 0.3) is 33.5 Å². The Labute approximate surface area is 227 Å². The van der Waals surface area contributed by atoms with E-state index < -0.39 is 11.6 Å². The normalized spacial score (nSPS) is 17.1. The highest BCUT2D eigenvalue weighted by molar-refractivity contribution is 5.94. The molecule has 0 bridgehead atoms. The molecule has 3 N–H and O–H groups in total. The summed E-state index contributed by atoms with van der Waals surface area (Å²) < 4.78 is 41.8. The first-order chi connectivity index (χ1) is 19.4. The van der Waals surface area contributed by atoms with E-state index in [1.54, 1.807) is 36.7 Å². The van der Waals surface area contributed by atoms with Crippen molar-refractivity contribution in [1.29, 1.82) is 0 Å². The van der Waals surface area contributed by atoms with Crippen molar-refractivity contribution < 1.29 is 18.0 Å². The second-order valence-electron chi connectivity index (χ2n) is 9.76. The average Bonchev–Trinajstić information content (AvgIpc) is 3.38. The highest BCUT2D eigenvalue weighted by Crippen LogP contribution is 2.28. The van der Waals surface area contributed by atoms with Gasteiger partial charge < -0.3 is 15.6 Å². The molecule has 0 unspecified atom stereocenters. The summed E-state index contributed by atoms with van der Waals surface area (Å²) in [5.74, 6) is -1.49. The van der Waals surface area contributed by atoms with Gasteiger partial charge in [0.2, 0.25) is 0 Å². The third-order valence-corrected chi connectivity index (χ3v) is 7.00. The quantitative estimate of drug-likeness (QED) is 0.255. The average molecular weight is 544 g/mol. The van der Waals surface area contributed by atoms with Gasteiger partial charge in [0.25, 0.3) is 5.91 Å². The minimum absolute atomic E-state index is 0.0364. The largest absolute Gasteiger partial charge is 0.365 e. The minimum atomic E-state index is -0.610. The number of aromatic amines is 1. The molecular formula is C29H24F3N7O. The number of rotatable bonds is 6. The molecule has 11 heteroatoms. The second kappa shape index (κ2) is 10.8. The number of anilines is 1. The maximum atomic E-state index is 14.7. The first kappa shape index (κ1) is 25.5. The molecule has 0 saturated heterocycles. The van der Waals surface area contributed by atoms with Crippen molar-refractivity contribution in [2.24, 2.45) is 0 Å². The standard InChI is InChI=1S/C29H24F3N7O/c30-18-6-4-16(5-7-18)17-8-9-33-25(10-17)29(40)38-21-3-1-2-20(12-21)37-28-24(32)15-36-27(39-28)23-14-35-26-22(23)11-19(31)13-34-26/h4-11,13-15,20-21H,1-3,12H2,(H,34,35)(H,38,40)(H,36,37,39)/t20-,21+/m1/s1. The number of nitrogens with zero attached hydrogens (tertiary/aromatic N) is 4. The van der Waals surface area contributed by atoms with Crippen molar-refractivity contribution in [3.63, 3.8) is 0 Å². The lowest BCUT2D eigenvalue weighted by Gasteiger charge is -2.30. The molecule has 5 aromatic rings. The number of benzene rings is 1. The van der Waals surface area contributed by atoms with Gasteiger partial charge >= 0.3 is 0 Å². The van der Waals surface area contributed by atoms with E-state index in [-0.39, 0.29) is 41.1 Å². The summed E-state index contributed by atoms with van der Waals surface area (Å²) in [5, 5.41) is 6.70. The van der Waals surface area contributed by atoms with Crippen molar-refractivity contribution in [2.45, 2.75) is 37.8 Å². The van der Waals surface area contributed by atoms with Gasteiger partial charge in [-0.3, -0.25) is 9.78 Å². The number of carbonyl (C=O) groups excluding carboxylic acids is 1. The van der Waals surface area contributed by atoms with Gasteiger partial charge in [0.1, 0.15) is 23.0 Å². The smallest absolute Gasteiger partial charge is 0.270 e. The molecule has 2 atom stereocenters. The SMILES string of the molecule is O=C(N[C@H]1CCC[C@@H](Nc2nc(-c3c[nH]c4ncc(F)cc34)ncc2F)C1)c1cc(-c2ccc(F)cc2)ccn1. The molecule has 4 heterocycles. The molecule has 40 heavy (non-hydrogen) atoms. The molecule has 1 aliphatic rings. The van der Waals surface area contributed by atoms with Crippen LogP contribution in [-0.2, 0) is 0 Å². The lowest BCUT2D eigenvalue weighted by Crippen LogP contribution is -2.42. The van der Waals surface area contributed by atoms with Crippen molar-refractivity contribution in [3.05, 3.63) is 90.4 Å². The van der Waals surface area contributed by atoms with E-state index in [1.165, 1.54) is 18.2 Å². The number of amides is 1. The molecule has 8 nitrogen and oxygen atoms in total. The molecule has 1 aromatic carbocycles. The number of pyridine rings is 2. The highest BCUT2D eigenvalue weighted by atomic mass is 19.1. The van der Waals surface area contributed by atoms with Gasteiger partial charge in [-0.15, -0.1) is 0 Å². The highest BCUT2D eigenvalue weighted by Gasteiger charge is 2.25. The van der Waals surface area contributed by atoms with Crippen LogP contribution in [0.15, 0.2) is 67.3 Å². The number of aromatic nitrogens is 5. The zero-order valence-corrected chi connectivity index (χ0v) is 21.2. The van der Waals surface area contributed by atoms with Crippen LogP contribution in [0.5, 0.6) is 0 Å². The summed E-state index contributed by atoms with van der Waals surface area (Å²) in [4.78, 5) is 32.6. The van der Waals surface area contributed by atoms with Gasteiger partial charge in [-0.25, -0.2) is 28.1 Å². The molecular weight excluding hydrogens is 519 g/mol. The number of carbonyl (C=O) groups is 1. The Balaban J connectivity index is 1.14. The molecule has 202 valence electrons. The van der Waals surface area contributed by atoms with Gasteiger partial charge in [0, 0.05) is 35.4 Å². The van der Waals surface area contributed by atoms with Crippen LogP contribution in [0.1, 0.15) is 36.2 Å². The van der Waals surface area contributed by atoms with Crippen LogP contribution in [0.3, 0.4) is 0 Å². The summed E-state index contributed by atoms with van der Waals surface area (Å²) >= 11 is 0. The minimum Gasteiger partial charge on any atom is -0.365 e. The van der Waals surface area contributed by atoms with Crippen molar-refractivity contribution >= 4 is 22.8 Å². The van der Waals surface area contributed by atoms with Gasteiger partial charge in [-0.1, -0.05) is 12.1 Å². The summed E-state index contributed by atoms with van der Waals surface area (Å²) in [5.41, 5.74) is 2.77. The lowest BCUT2D eigenvalue weighted by atomic mass is 9.90. The monoisotopic (exact) mass is 543 g/mol. The first-order valence-electron chi connectivity index (χ1n) is 12.9. The third kappa shape index (κ3) is 5.35.